The molecule has 0 saturated carbocycles. The molecule has 0 spiro atoms. The maximum Gasteiger partial charge on any atom is 0.342 e. The van der Waals surface area contributed by atoms with E-state index in [1.807, 2.05) is 18.2 Å². The number of aryl methyl sites for hydroxylation is 1. The number of aliphatic hydroxyl groups excluding tert-OH is 1. The van der Waals surface area contributed by atoms with E-state index in [-0.39, 0.29) is 23.7 Å². The summed E-state index contributed by atoms with van der Waals surface area (Å²) >= 11 is 0. The van der Waals surface area contributed by atoms with Crippen LogP contribution in [-0.2, 0) is 22.5 Å². The van der Waals surface area contributed by atoms with Gasteiger partial charge in [0.15, 0.2) is 0 Å². The van der Waals surface area contributed by atoms with Gasteiger partial charge in [-0.2, -0.15) is 0 Å². The number of unbranched alkanes of at least 4 members (excludes halogenated alkanes) is 4. The maximum absolute atomic E-state index is 12.7. The third kappa shape index (κ3) is 10.1. The van der Waals surface area contributed by atoms with Crippen LogP contribution in [0.3, 0.4) is 0 Å². The van der Waals surface area contributed by atoms with E-state index in [1.54, 1.807) is 30.3 Å². The van der Waals surface area contributed by atoms with Crippen molar-refractivity contribution in [1.29, 1.82) is 0 Å². The zero-order chi connectivity index (χ0) is 30.3. The first-order valence-corrected chi connectivity index (χ1v) is 15.2. The van der Waals surface area contributed by atoms with Crippen LogP contribution >= 0.6 is 0 Å². The van der Waals surface area contributed by atoms with Crippen LogP contribution in [0.25, 0.3) is 10.8 Å². The van der Waals surface area contributed by atoms with Gasteiger partial charge in [-0.3, -0.25) is 0 Å². The average Bonchev–Trinajstić information content (AvgIpc) is 3.03. The Kier molecular flexibility index (Phi) is 12.9. The minimum atomic E-state index is -0.769. The number of aromatic hydroxyl groups is 2. The van der Waals surface area contributed by atoms with E-state index in [2.05, 4.69) is 29.6 Å². The van der Waals surface area contributed by atoms with Crippen LogP contribution in [0.5, 0.6) is 11.5 Å². The number of nitrogens with one attached hydrogen (secondary N) is 1. The van der Waals surface area contributed by atoms with Crippen molar-refractivity contribution >= 4 is 16.7 Å². The van der Waals surface area contributed by atoms with Gasteiger partial charge in [-0.15, -0.1) is 0 Å². The van der Waals surface area contributed by atoms with Gasteiger partial charge in [-0.25, -0.2) is 4.79 Å². The number of phenols is 2. The topological polar surface area (TPSA) is 108 Å². The Morgan fingerprint density at radius 2 is 1.53 bits per heavy atom. The molecule has 4 N–H and O–H groups in total. The standard InChI is InChI=1S/C36H43NO6/c38-33-20-18-29(24-30(33)26-43-36(41)32-19-17-28-15-6-7-16-31(28)35(32)40)34(39)25-37-21-9-1-2-10-22-42-23-11-8-14-27-12-4-3-5-13-27/h3-7,12-13,15-20,24,34,37-40H,1-2,8-11,14,21-23,25-26H2. The molecule has 0 saturated heterocycles. The molecule has 0 aliphatic rings. The molecule has 0 bridgehead atoms. The number of ether oxygens (including phenoxy) is 2. The van der Waals surface area contributed by atoms with Crippen molar-refractivity contribution in [3.8, 4) is 11.5 Å². The molecule has 4 rings (SSSR count). The minimum Gasteiger partial charge on any atom is -0.508 e. The summed E-state index contributed by atoms with van der Waals surface area (Å²) in [5, 5.41) is 36.1. The second kappa shape index (κ2) is 17.3. The van der Waals surface area contributed by atoms with Crippen molar-refractivity contribution in [3.05, 3.63) is 107 Å². The Bertz CT molecular complexity index is 1420. The van der Waals surface area contributed by atoms with E-state index in [0.29, 0.717) is 23.1 Å². The molecule has 0 aliphatic carbocycles. The first-order chi connectivity index (χ1) is 21.0. The van der Waals surface area contributed by atoms with E-state index in [0.717, 1.165) is 70.1 Å². The molecule has 7 nitrogen and oxygen atoms in total. The van der Waals surface area contributed by atoms with Crippen molar-refractivity contribution in [2.45, 2.75) is 57.7 Å². The number of carbonyl (C=O) groups is 1. The summed E-state index contributed by atoms with van der Waals surface area (Å²) in [6.07, 6.45) is 6.87. The van der Waals surface area contributed by atoms with Gasteiger partial charge in [0.25, 0.3) is 0 Å². The lowest BCUT2D eigenvalue weighted by Gasteiger charge is -2.15. The molecular formula is C36H43NO6. The number of esters is 1. The fourth-order valence-electron chi connectivity index (χ4n) is 5.01. The first kappa shape index (κ1) is 32.0. The van der Waals surface area contributed by atoms with E-state index < -0.39 is 12.1 Å². The molecule has 228 valence electrons. The molecule has 1 atom stereocenters. The summed E-state index contributed by atoms with van der Waals surface area (Å²) in [5.74, 6) is -0.864. The number of carbonyl (C=O) groups excluding carboxylic acids is 1. The van der Waals surface area contributed by atoms with Crippen molar-refractivity contribution < 1.29 is 29.6 Å². The fourth-order valence-corrected chi connectivity index (χ4v) is 5.01. The van der Waals surface area contributed by atoms with Crippen molar-refractivity contribution in [2.24, 2.45) is 0 Å². The Labute approximate surface area is 254 Å². The van der Waals surface area contributed by atoms with Crippen LogP contribution < -0.4 is 5.32 Å². The third-order valence-corrected chi connectivity index (χ3v) is 7.54. The Morgan fingerprint density at radius 3 is 2.37 bits per heavy atom. The van der Waals surface area contributed by atoms with Crippen molar-refractivity contribution in [2.75, 3.05) is 26.3 Å². The van der Waals surface area contributed by atoms with Crippen LogP contribution in [0, 0.1) is 0 Å². The van der Waals surface area contributed by atoms with E-state index in [9.17, 15) is 20.1 Å². The number of phenolic OH excluding ortho intramolecular Hbond substituents is 2. The Balaban J connectivity index is 1.08. The number of benzene rings is 4. The predicted molar refractivity (Wildman–Crippen MR) is 169 cm³/mol. The van der Waals surface area contributed by atoms with Crippen LogP contribution in [-0.4, -0.2) is 47.6 Å². The van der Waals surface area contributed by atoms with E-state index in [1.165, 1.54) is 17.7 Å². The fraction of sp³-hybridized carbons (Fsp3) is 0.361. The summed E-state index contributed by atoms with van der Waals surface area (Å²) in [6, 6.07) is 25.8. The van der Waals surface area contributed by atoms with Crippen LogP contribution in [0.15, 0.2) is 84.9 Å². The molecule has 0 aliphatic heterocycles. The van der Waals surface area contributed by atoms with Gasteiger partial charge in [0.2, 0.25) is 0 Å². The average molecular weight is 586 g/mol. The molecule has 0 heterocycles. The molecule has 7 heteroatoms. The summed E-state index contributed by atoms with van der Waals surface area (Å²) < 4.78 is 11.2. The van der Waals surface area contributed by atoms with E-state index in [4.69, 9.17) is 9.47 Å². The van der Waals surface area contributed by atoms with Gasteiger partial charge < -0.3 is 30.1 Å². The van der Waals surface area contributed by atoms with Gasteiger partial charge in [0.05, 0.1) is 6.10 Å². The minimum absolute atomic E-state index is 0.0318. The molecule has 4 aromatic carbocycles. The van der Waals surface area contributed by atoms with Crippen LogP contribution in [0.1, 0.15) is 71.7 Å². The van der Waals surface area contributed by atoms with Gasteiger partial charge in [-0.05, 0) is 73.4 Å². The summed E-state index contributed by atoms with van der Waals surface area (Å²) in [6.45, 7) is 2.61. The van der Waals surface area contributed by atoms with Crippen molar-refractivity contribution in [3.63, 3.8) is 0 Å². The van der Waals surface area contributed by atoms with Gasteiger partial charge in [0, 0.05) is 30.7 Å². The Hall–Kier alpha value is -3.91. The highest BCUT2D eigenvalue weighted by atomic mass is 16.5. The van der Waals surface area contributed by atoms with Gasteiger partial charge >= 0.3 is 5.97 Å². The quantitative estimate of drug-likeness (QED) is 0.0749. The normalized spacial score (nSPS) is 11.9. The van der Waals surface area contributed by atoms with Crippen LogP contribution in [0.2, 0.25) is 0 Å². The Morgan fingerprint density at radius 1 is 0.791 bits per heavy atom. The lowest BCUT2D eigenvalue weighted by atomic mass is 10.0. The van der Waals surface area contributed by atoms with Crippen LogP contribution in [0.4, 0.5) is 0 Å². The molecule has 0 amide bonds. The highest BCUT2D eigenvalue weighted by Gasteiger charge is 2.17. The van der Waals surface area contributed by atoms with Gasteiger partial charge in [-0.1, -0.05) is 79.6 Å². The molecule has 0 aromatic heterocycles. The zero-order valence-electron chi connectivity index (χ0n) is 24.7. The molecule has 1 unspecified atom stereocenters. The molecule has 0 fully saturated rings. The molecule has 4 aromatic rings. The number of rotatable bonds is 18. The highest BCUT2D eigenvalue weighted by molar-refractivity contribution is 6.01. The summed E-state index contributed by atoms with van der Waals surface area (Å²) in [4.78, 5) is 12.7. The predicted octanol–water partition coefficient (Wildman–Crippen LogP) is 6.83. The molecule has 0 radical (unpaired) electrons. The second-order valence-corrected chi connectivity index (χ2v) is 10.8. The van der Waals surface area contributed by atoms with Gasteiger partial charge in [0.1, 0.15) is 23.7 Å². The zero-order valence-corrected chi connectivity index (χ0v) is 24.7. The lowest BCUT2D eigenvalue weighted by molar-refractivity contribution is 0.0467. The number of hydrogen-bond donors (Lipinski definition) is 4. The monoisotopic (exact) mass is 585 g/mol. The lowest BCUT2D eigenvalue weighted by Crippen LogP contribution is -2.22. The molecular weight excluding hydrogens is 542 g/mol. The third-order valence-electron chi connectivity index (χ3n) is 7.54. The van der Waals surface area contributed by atoms with E-state index >= 15 is 0 Å². The second-order valence-electron chi connectivity index (χ2n) is 10.8. The number of fused-ring (bicyclic) bond motifs is 1. The van der Waals surface area contributed by atoms with Crippen molar-refractivity contribution in [1.82, 2.24) is 5.32 Å². The number of aliphatic hydroxyl groups is 1. The first-order valence-electron chi connectivity index (χ1n) is 15.2. The smallest absolute Gasteiger partial charge is 0.342 e. The molecule has 43 heavy (non-hydrogen) atoms. The number of hydrogen-bond acceptors (Lipinski definition) is 7. The summed E-state index contributed by atoms with van der Waals surface area (Å²) in [5.41, 5.74) is 2.44. The maximum atomic E-state index is 12.7. The highest BCUT2D eigenvalue weighted by Crippen LogP contribution is 2.30. The summed E-state index contributed by atoms with van der Waals surface area (Å²) in [7, 11) is 0. The SMILES string of the molecule is O=C(OCc1cc(C(O)CNCCCCCCOCCCCc2ccccc2)ccc1O)c1ccc2ccccc2c1O. The largest absolute Gasteiger partial charge is 0.508 e.